The van der Waals surface area contributed by atoms with Gasteiger partial charge in [0.25, 0.3) is 0 Å². The van der Waals surface area contributed by atoms with Crippen LogP contribution in [-0.4, -0.2) is 39.4 Å². The van der Waals surface area contributed by atoms with Crippen LogP contribution in [0.3, 0.4) is 0 Å². The molecular formula is C20H28N2O3. The number of amides is 1. The van der Waals surface area contributed by atoms with Crippen molar-refractivity contribution in [3.63, 3.8) is 0 Å². The predicted molar refractivity (Wildman–Crippen MR) is 95.6 cm³/mol. The van der Waals surface area contributed by atoms with Crippen LogP contribution >= 0.6 is 0 Å². The fraction of sp³-hybridized carbons (Fsp3) is 0.650. The molecule has 5 nitrogen and oxygen atoms in total. The first-order valence-corrected chi connectivity index (χ1v) is 9.15. The van der Waals surface area contributed by atoms with E-state index in [1.54, 1.807) is 0 Å². The number of rotatable bonds is 2. The number of ether oxygens (including phenoxy) is 1. The van der Waals surface area contributed by atoms with Gasteiger partial charge >= 0.3 is 6.09 Å². The quantitative estimate of drug-likeness (QED) is 0.759. The average Bonchev–Trinajstić information content (AvgIpc) is 2.74. The van der Waals surface area contributed by atoms with Gasteiger partial charge in [-0.3, -0.25) is 9.78 Å². The first-order valence-electron chi connectivity index (χ1n) is 9.15. The Morgan fingerprint density at radius 3 is 2.08 bits per heavy atom. The second kappa shape index (κ2) is 6.43. The lowest BCUT2D eigenvalue weighted by atomic mass is 9.85. The maximum absolute atomic E-state index is 13.0. The number of pyridine rings is 1. The molecule has 2 bridgehead atoms. The molecule has 1 aromatic heterocycles. The van der Waals surface area contributed by atoms with Gasteiger partial charge in [-0.1, -0.05) is 0 Å². The number of hydrogen-bond acceptors (Lipinski definition) is 4. The molecule has 0 spiro atoms. The first kappa shape index (κ1) is 17.9. The molecule has 0 saturated carbocycles. The number of nitrogens with zero attached hydrogens (tertiary/aromatic N) is 2. The van der Waals surface area contributed by atoms with Crippen molar-refractivity contribution in [3.05, 3.63) is 29.1 Å². The van der Waals surface area contributed by atoms with Crippen LogP contribution in [-0.2, 0) is 4.74 Å². The molecule has 3 rings (SSSR count). The summed E-state index contributed by atoms with van der Waals surface area (Å²) in [6.07, 6.45) is 3.15. The van der Waals surface area contributed by atoms with E-state index in [1.807, 2.05) is 51.7 Å². The Hall–Kier alpha value is -1.91. The standard InChI is InChI=1S/C20H28N2O3/c1-12-8-14(9-13(2)21-12)18(23)15-10-16-6-7-17(11-15)22(16)19(24)25-20(3,4)5/h8-9,15-17H,6-7,10-11H2,1-5H3. The van der Waals surface area contributed by atoms with Crippen LogP contribution < -0.4 is 0 Å². The molecule has 2 unspecified atom stereocenters. The molecule has 1 amide bonds. The summed E-state index contributed by atoms with van der Waals surface area (Å²) in [4.78, 5) is 31.7. The summed E-state index contributed by atoms with van der Waals surface area (Å²) in [6.45, 7) is 9.49. The summed E-state index contributed by atoms with van der Waals surface area (Å²) in [6, 6.07) is 3.98. The van der Waals surface area contributed by atoms with Crippen molar-refractivity contribution in [2.45, 2.75) is 78.0 Å². The maximum atomic E-state index is 13.0. The molecule has 2 saturated heterocycles. The summed E-state index contributed by atoms with van der Waals surface area (Å²) in [7, 11) is 0. The topological polar surface area (TPSA) is 59.5 Å². The normalized spacial score (nSPS) is 25.8. The zero-order chi connectivity index (χ0) is 18.4. The number of carbonyl (C=O) groups excluding carboxylic acids is 2. The minimum atomic E-state index is -0.491. The van der Waals surface area contributed by atoms with Crippen molar-refractivity contribution >= 4 is 11.9 Å². The number of aromatic nitrogens is 1. The van der Waals surface area contributed by atoms with Crippen LogP contribution in [0.15, 0.2) is 12.1 Å². The van der Waals surface area contributed by atoms with Crippen LogP contribution in [0.4, 0.5) is 4.79 Å². The van der Waals surface area contributed by atoms with Crippen LogP contribution in [0, 0.1) is 19.8 Å². The zero-order valence-electron chi connectivity index (χ0n) is 15.8. The lowest BCUT2D eigenvalue weighted by molar-refractivity contribution is 0.00254. The fourth-order valence-corrected chi connectivity index (χ4v) is 4.22. The number of fused-ring (bicyclic) bond motifs is 2. The molecule has 5 heteroatoms. The number of carbonyl (C=O) groups is 2. The molecule has 2 fully saturated rings. The van der Waals surface area contributed by atoms with Crippen LogP contribution in [0.25, 0.3) is 0 Å². The smallest absolute Gasteiger partial charge is 0.410 e. The molecule has 0 aliphatic carbocycles. The van der Waals surface area contributed by atoms with Gasteiger partial charge < -0.3 is 9.64 Å². The summed E-state index contributed by atoms with van der Waals surface area (Å²) in [5.41, 5.74) is 2.00. The third-order valence-corrected chi connectivity index (χ3v) is 5.07. The van der Waals surface area contributed by atoms with Gasteiger partial charge in [-0.05, 0) is 72.4 Å². The summed E-state index contributed by atoms with van der Waals surface area (Å²) >= 11 is 0. The van der Waals surface area contributed by atoms with Crippen molar-refractivity contribution in [2.24, 2.45) is 5.92 Å². The van der Waals surface area contributed by atoms with E-state index in [2.05, 4.69) is 4.98 Å². The molecule has 2 aliphatic heterocycles. The Labute approximate surface area is 149 Å². The van der Waals surface area contributed by atoms with Gasteiger partial charge in [-0.15, -0.1) is 0 Å². The van der Waals surface area contributed by atoms with Gasteiger partial charge in [0.2, 0.25) is 0 Å². The second-order valence-corrected chi connectivity index (χ2v) is 8.44. The number of Topliss-reactive ketones (excluding diaryl/α,β-unsaturated/α-hetero) is 1. The number of ketones is 1. The predicted octanol–water partition coefficient (Wildman–Crippen LogP) is 4.06. The lowest BCUT2D eigenvalue weighted by Gasteiger charge is -2.39. The van der Waals surface area contributed by atoms with Gasteiger partial charge in [0.15, 0.2) is 5.78 Å². The SMILES string of the molecule is Cc1cc(C(=O)C2CC3CCC(C2)N3C(=O)OC(C)(C)C)cc(C)n1. The lowest BCUT2D eigenvalue weighted by Crippen LogP contribution is -2.49. The number of hydrogen-bond donors (Lipinski definition) is 0. The van der Waals surface area contributed by atoms with Crippen LogP contribution in [0.5, 0.6) is 0 Å². The summed E-state index contributed by atoms with van der Waals surface area (Å²) in [5.74, 6) is 0.173. The highest BCUT2D eigenvalue weighted by Gasteiger charge is 2.46. The van der Waals surface area contributed by atoms with Gasteiger partial charge in [0.05, 0.1) is 0 Å². The Kier molecular flexibility index (Phi) is 4.60. The zero-order valence-corrected chi connectivity index (χ0v) is 15.8. The molecule has 2 atom stereocenters. The van der Waals surface area contributed by atoms with E-state index in [9.17, 15) is 9.59 Å². The molecule has 2 aliphatic rings. The fourth-order valence-electron chi connectivity index (χ4n) is 4.22. The number of aryl methyl sites for hydroxylation is 2. The Morgan fingerprint density at radius 2 is 1.60 bits per heavy atom. The molecular weight excluding hydrogens is 316 g/mol. The summed E-state index contributed by atoms with van der Waals surface area (Å²) in [5, 5.41) is 0. The summed E-state index contributed by atoms with van der Waals surface area (Å²) < 4.78 is 5.56. The number of piperidine rings is 1. The van der Waals surface area contributed by atoms with E-state index >= 15 is 0 Å². The van der Waals surface area contributed by atoms with Crippen molar-refractivity contribution < 1.29 is 14.3 Å². The van der Waals surface area contributed by atoms with Crippen molar-refractivity contribution in [2.75, 3.05) is 0 Å². The van der Waals surface area contributed by atoms with Crippen LogP contribution in [0.2, 0.25) is 0 Å². The highest BCUT2D eigenvalue weighted by molar-refractivity contribution is 5.98. The first-order chi connectivity index (χ1) is 11.6. The molecule has 0 N–H and O–H groups in total. The van der Waals surface area contributed by atoms with E-state index in [1.165, 1.54) is 0 Å². The van der Waals surface area contributed by atoms with Crippen molar-refractivity contribution in [1.29, 1.82) is 0 Å². The molecule has 0 radical (unpaired) electrons. The Morgan fingerprint density at radius 1 is 1.08 bits per heavy atom. The second-order valence-electron chi connectivity index (χ2n) is 8.44. The molecule has 25 heavy (non-hydrogen) atoms. The van der Waals surface area contributed by atoms with E-state index in [4.69, 9.17) is 4.74 Å². The van der Waals surface area contributed by atoms with E-state index in [0.29, 0.717) is 0 Å². The van der Waals surface area contributed by atoms with Crippen LogP contribution in [0.1, 0.15) is 68.2 Å². The molecule has 0 aromatic carbocycles. The average molecular weight is 344 g/mol. The maximum Gasteiger partial charge on any atom is 0.410 e. The highest BCUT2D eigenvalue weighted by atomic mass is 16.6. The van der Waals surface area contributed by atoms with E-state index < -0.39 is 5.60 Å². The van der Waals surface area contributed by atoms with Gasteiger partial charge in [0, 0.05) is 35.0 Å². The third-order valence-electron chi connectivity index (χ3n) is 5.07. The van der Waals surface area contributed by atoms with Gasteiger partial charge in [0.1, 0.15) is 5.60 Å². The van der Waals surface area contributed by atoms with E-state index in [-0.39, 0.29) is 29.9 Å². The van der Waals surface area contributed by atoms with E-state index in [0.717, 1.165) is 42.6 Å². The van der Waals surface area contributed by atoms with Crippen molar-refractivity contribution in [1.82, 2.24) is 9.88 Å². The third kappa shape index (κ3) is 3.86. The highest BCUT2D eigenvalue weighted by Crippen LogP contribution is 2.40. The van der Waals surface area contributed by atoms with Gasteiger partial charge in [-0.2, -0.15) is 0 Å². The minimum Gasteiger partial charge on any atom is -0.444 e. The molecule has 136 valence electrons. The Bertz CT molecular complexity index is 658. The monoisotopic (exact) mass is 344 g/mol. The molecule has 1 aromatic rings. The molecule has 3 heterocycles. The van der Waals surface area contributed by atoms with Gasteiger partial charge in [-0.25, -0.2) is 4.79 Å². The van der Waals surface area contributed by atoms with Crippen molar-refractivity contribution in [3.8, 4) is 0 Å². The minimum absolute atomic E-state index is 0.0163. The Balaban J connectivity index is 1.73. The largest absolute Gasteiger partial charge is 0.444 e.